The number of nitro benzene ring substituents is 1. The summed E-state index contributed by atoms with van der Waals surface area (Å²) in [5.74, 6) is -1.37. The third kappa shape index (κ3) is 4.99. The van der Waals surface area contributed by atoms with Crippen LogP contribution in [0.5, 0.6) is 0 Å². The SMILES string of the molecule is Nc1ccc(C(=O)OCC(=O)NC(c2ccccc2)c2ccccc2)cc1[N+](=O)[O-]. The molecule has 3 aromatic carbocycles. The Balaban J connectivity index is 1.68. The maximum atomic E-state index is 12.4. The van der Waals surface area contributed by atoms with Gasteiger partial charge in [-0.05, 0) is 23.3 Å². The quantitative estimate of drug-likeness (QED) is 0.269. The molecule has 0 aliphatic carbocycles. The first-order valence-corrected chi connectivity index (χ1v) is 9.06. The first-order chi connectivity index (χ1) is 14.5. The van der Waals surface area contributed by atoms with Crippen molar-refractivity contribution in [1.29, 1.82) is 0 Å². The van der Waals surface area contributed by atoms with Gasteiger partial charge in [-0.15, -0.1) is 0 Å². The number of nitrogens with one attached hydrogen (secondary N) is 1. The minimum absolute atomic E-state index is 0.0635. The van der Waals surface area contributed by atoms with Gasteiger partial charge in [-0.25, -0.2) is 4.79 Å². The average Bonchev–Trinajstić information content (AvgIpc) is 2.77. The normalized spacial score (nSPS) is 10.4. The van der Waals surface area contributed by atoms with Gasteiger partial charge in [-0.1, -0.05) is 60.7 Å². The average molecular weight is 405 g/mol. The minimum Gasteiger partial charge on any atom is -0.452 e. The van der Waals surface area contributed by atoms with Crippen LogP contribution in [0.4, 0.5) is 11.4 Å². The molecule has 3 aromatic rings. The van der Waals surface area contributed by atoms with Gasteiger partial charge in [0.2, 0.25) is 0 Å². The molecule has 30 heavy (non-hydrogen) atoms. The Labute approximate surface area is 172 Å². The Morgan fingerprint density at radius 2 is 1.53 bits per heavy atom. The second-order valence-corrected chi connectivity index (χ2v) is 6.43. The van der Waals surface area contributed by atoms with Crippen LogP contribution in [0.15, 0.2) is 78.9 Å². The number of ether oxygens (including phenoxy) is 1. The number of nitro groups is 1. The molecule has 0 spiro atoms. The fourth-order valence-corrected chi connectivity index (χ4v) is 2.90. The van der Waals surface area contributed by atoms with Crippen LogP contribution in [0.3, 0.4) is 0 Å². The maximum absolute atomic E-state index is 12.4. The van der Waals surface area contributed by atoms with Gasteiger partial charge in [0.25, 0.3) is 11.6 Å². The molecule has 0 heterocycles. The van der Waals surface area contributed by atoms with Gasteiger partial charge in [-0.3, -0.25) is 14.9 Å². The monoisotopic (exact) mass is 405 g/mol. The van der Waals surface area contributed by atoms with Gasteiger partial charge in [0, 0.05) is 6.07 Å². The van der Waals surface area contributed by atoms with E-state index in [0.717, 1.165) is 17.2 Å². The Bertz CT molecular complexity index is 1020. The van der Waals surface area contributed by atoms with E-state index in [9.17, 15) is 19.7 Å². The second-order valence-electron chi connectivity index (χ2n) is 6.43. The lowest BCUT2D eigenvalue weighted by atomic mass is 9.99. The number of nitrogens with zero attached hydrogens (tertiary/aromatic N) is 1. The summed E-state index contributed by atoms with van der Waals surface area (Å²) in [6, 6.07) is 21.9. The van der Waals surface area contributed by atoms with Crippen LogP contribution in [0.1, 0.15) is 27.5 Å². The van der Waals surface area contributed by atoms with E-state index in [1.807, 2.05) is 60.7 Å². The molecule has 8 nitrogen and oxygen atoms in total. The molecular weight excluding hydrogens is 386 g/mol. The fraction of sp³-hybridized carbons (Fsp3) is 0.0909. The van der Waals surface area contributed by atoms with Crippen molar-refractivity contribution >= 4 is 23.3 Å². The van der Waals surface area contributed by atoms with Crippen molar-refractivity contribution in [3.63, 3.8) is 0 Å². The summed E-state index contributed by atoms with van der Waals surface area (Å²) in [5, 5.41) is 13.8. The van der Waals surface area contributed by atoms with Crippen molar-refractivity contribution in [2.24, 2.45) is 0 Å². The number of anilines is 1. The van der Waals surface area contributed by atoms with E-state index in [1.165, 1.54) is 12.1 Å². The number of benzene rings is 3. The summed E-state index contributed by atoms with van der Waals surface area (Å²) in [7, 11) is 0. The summed E-state index contributed by atoms with van der Waals surface area (Å²) in [6.07, 6.45) is 0. The van der Waals surface area contributed by atoms with E-state index in [0.29, 0.717) is 0 Å². The summed E-state index contributed by atoms with van der Waals surface area (Å²) in [5.41, 5.74) is 6.73. The minimum atomic E-state index is -0.857. The van der Waals surface area contributed by atoms with E-state index in [1.54, 1.807) is 0 Å². The first-order valence-electron chi connectivity index (χ1n) is 9.06. The molecule has 0 unspecified atom stereocenters. The molecule has 3 rings (SSSR count). The number of nitrogens with two attached hydrogens (primary N) is 1. The molecule has 0 saturated carbocycles. The maximum Gasteiger partial charge on any atom is 0.338 e. The Kier molecular flexibility index (Phi) is 6.39. The molecule has 0 fully saturated rings. The van der Waals surface area contributed by atoms with Crippen LogP contribution in [-0.4, -0.2) is 23.4 Å². The highest BCUT2D eigenvalue weighted by Gasteiger charge is 2.20. The molecule has 0 bridgehead atoms. The Hall–Kier alpha value is -4.20. The van der Waals surface area contributed by atoms with Crippen molar-refractivity contribution in [2.45, 2.75) is 6.04 Å². The number of amides is 1. The number of rotatable bonds is 7. The number of hydrogen-bond acceptors (Lipinski definition) is 6. The fourth-order valence-electron chi connectivity index (χ4n) is 2.90. The molecule has 3 N–H and O–H groups in total. The third-order valence-corrected chi connectivity index (χ3v) is 4.37. The van der Waals surface area contributed by atoms with Gasteiger partial charge in [0.1, 0.15) is 5.69 Å². The van der Waals surface area contributed by atoms with Crippen LogP contribution in [-0.2, 0) is 9.53 Å². The summed E-state index contributed by atoms with van der Waals surface area (Å²) in [6.45, 7) is -0.535. The number of hydrogen-bond donors (Lipinski definition) is 2. The number of esters is 1. The van der Waals surface area contributed by atoms with Crippen LogP contribution < -0.4 is 11.1 Å². The number of nitrogen functional groups attached to an aromatic ring is 1. The predicted octanol–water partition coefficient (Wildman–Crippen LogP) is 3.24. The standard InChI is InChI=1S/C22H19N3O5/c23-18-12-11-17(13-19(18)25(28)29)22(27)30-14-20(26)24-21(15-7-3-1-4-8-15)16-9-5-2-6-10-16/h1-13,21H,14,23H2,(H,24,26). The molecule has 152 valence electrons. The van der Waals surface area contributed by atoms with E-state index in [-0.39, 0.29) is 11.3 Å². The number of carbonyl (C=O) groups excluding carboxylic acids is 2. The largest absolute Gasteiger partial charge is 0.452 e. The first kappa shape index (κ1) is 20.5. The molecule has 1 amide bonds. The van der Waals surface area contributed by atoms with Crippen molar-refractivity contribution in [3.8, 4) is 0 Å². The van der Waals surface area contributed by atoms with E-state index < -0.39 is 35.1 Å². The molecular formula is C22H19N3O5. The predicted molar refractivity (Wildman–Crippen MR) is 111 cm³/mol. The molecule has 0 radical (unpaired) electrons. The zero-order chi connectivity index (χ0) is 21.5. The number of carbonyl (C=O) groups is 2. The topological polar surface area (TPSA) is 125 Å². The lowest BCUT2D eigenvalue weighted by Crippen LogP contribution is -2.33. The van der Waals surface area contributed by atoms with E-state index in [4.69, 9.17) is 10.5 Å². The van der Waals surface area contributed by atoms with Gasteiger partial charge in [-0.2, -0.15) is 0 Å². The third-order valence-electron chi connectivity index (χ3n) is 4.37. The van der Waals surface area contributed by atoms with Crippen molar-refractivity contribution in [3.05, 3.63) is 106 Å². The van der Waals surface area contributed by atoms with E-state index >= 15 is 0 Å². The highest BCUT2D eigenvalue weighted by molar-refractivity contribution is 5.92. The summed E-state index contributed by atoms with van der Waals surface area (Å²) < 4.78 is 5.02. The molecule has 0 aromatic heterocycles. The Morgan fingerprint density at radius 3 is 2.07 bits per heavy atom. The lowest BCUT2D eigenvalue weighted by Gasteiger charge is -2.20. The van der Waals surface area contributed by atoms with Gasteiger partial charge in [0.15, 0.2) is 6.61 Å². The smallest absolute Gasteiger partial charge is 0.338 e. The van der Waals surface area contributed by atoms with E-state index in [2.05, 4.69) is 5.32 Å². The Morgan fingerprint density at radius 1 is 0.967 bits per heavy atom. The molecule has 0 aliphatic rings. The van der Waals surface area contributed by atoms with Crippen LogP contribution >= 0.6 is 0 Å². The van der Waals surface area contributed by atoms with Crippen molar-refractivity contribution in [2.75, 3.05) is 12.3 Å². The van der Waals surface area contributed by atoms with Crippen molar-refractivity contribution < 1.29 is 19.2 Å². The van der Waals surface area contributed by atoms with Crippen molar-refractivity contribution in [1.82, 2.24) is 5.32 Å². The van der Waals surface area contributed by atoms with Gasteiger partial charge < -0.3 is 15.8 Å². The highest BCUT2D eigenvalue weighted by Crippen LogP contribution is 2.23. The van der Waals surface area contributed by atoms with Crippen LogP contribution in [0.2, 0.25) is 0 Å². The molecule has 0 saturated heterocycles. The van der Waals surface area contributed by atoms with Gasteiger partial charge >= 0.3 is 5.97 Å². The highest BCUT2D eigenvalue weighted by atomic mass is 16.6. The summed E-state index contributed by atoms with van der Waals surface area (Å²) >= 11 is 0. The lowest BCUT2D eigenvalue weighted by molar-refractivity contribution is -0.383. The summed E-state index contributed by atoms with van der Waals surface area (Å²) in [4.78, 5) is 34.9. The molecule has 0 atom stereocenters. The van der Waals surface area contributed by atoms with Crippen LogP contribution in [0, 0.1) is 10.1 Å². The molecule has 0 aliphatic heterocycles. The zero-order valence-corrected chi connectivity index (χ0v) is 15.9. The zero-order valence-electron chi connectivity index (χ0n) is 15.9. The van der Waals surface area contributed by atoms with Crippen LogP contribution in [0.25, 0.3) is 0 Å². The second kappa shape index (κ2) is 9.33. The van der Waals surface area contributed by atoms with Gasteiger partial charge in [0.05, 0.1) is 16.5 Å². The molecule has 8 heteroatoms.